The molecule has 0 saturated carbocycles. The van der Waals surface area contributed by atoms with Crippen LogP contribution in [0.5, 0.6) is 5.75 Å². The van der Waals surface area contributed by atoms with Crippen LogP contribution in [0.1, 0.15) is 17.3 Å². The summed E-state index contributed by atoms with van der Waals surface area (Å²) in [5, 5.41) is 26.0. The number of hydrogen-bond acceptors (Lipinski definition) is 11. The molecule has 5 rings (SSSR count). The second kappa shape index (κ2) is 11.0. The number of ether oxygens (including phenoxy) is 2. The molecule has 1 N–H and O–H groups in total. The number of aromatic nitrogens is 1. The normalized spacial score (nSPS) is 15.7. The maximum absolute atomic E-state index is 13.2. The number of halogens is 1. The lowest BCUT2D eigenvalue weighted by atomic mass is 10.00. The van der Waals surface area contributed by atoms with E-state index in [-0.39, 0.29) is 27.6 Å². The summed E-state index contributed by atoms with van der Waals surface area (Å²) in [5.41, 5.74) is 1.22. The van der Waals surface area contributed by atoms with Crippen LogP contribution in [0.4, 0.5) is 17.1 Å². The second-order valence-electron chi connectivity index (χ2n) is 8.05. The minimum Gasteiger partial charge on any atom is -0.460 e. The monoisotopic (exact) mass is 584 g/mol. The second-order valence-corrected chi connectivity index (χ2v) is 10.8. The van der Waals surface area contributed by atoms with Gasteiger partial charge in [0.05, 0.1) is 42.2 Å². The summed E-state index contributed by atoms with van der Waals surface area (Å²) in [6.45, 7) is 2.13. The van der Waals surface area contributed by atoms with Crippen molar-refractivity contribution >= 4 is 67.8 Å². The van der Waals surface area contributed by atoms with E-state index in [1.165, 1.54) is 29.7 Å². The van der Waals surface area contributed by atoms with Gasteiger partial charge in [0.2, 0.25) is 12.1 Å². The van der Waals surface area contributed by atoms with Crippen molar-refractivity contribution in [3.8, 4) is 5.75 Å². The molecule has 198 valence electrons. The molecule has 0 bridgehead atoms. The highest BCUT2D eigenvalue weighted by molar-refractivity contribution is 8.01. The standard InChI is InChI=1S/C25H17ClN4O7S2/c1-2-36-24-17(23(31)16-9-13(26)3-7-20(16)37-24)12-27-14-4-6-18-22(10-14)39-25(28-18)38-21-8-5-15(29(32)33)11-19(21)30(34)35/h3-12,24,27H,2H2,1H3/b17-12-/t24-/m0/s1. The first kappa shape index (κ1) is 26.6. The summed E-state index contributed by atoms with van der Waals surface area (Å²) in [7, 11) is 0. The number of thiazole rings is 1. The van der Waals surface area contributed by atoms with E-state index in [2.05, 4.69) is 10.3 Å². The Hall–Kier alpha value is -4.04. The Morgan fingerprint density at radius 2 is 1.97 bits per heavy atom. The van der Waals surface area contributed by atoms with Gasteiger partial charge in [0.1, 0.15) is 5.75 Å². The van der Waals surface area contributed by atoms with Crippen molar-refractivity contribution < 1.29 is 24.1 Å². The zero-order chi connectivity index (χ0) is 27.7. The maximum Gasteiger partial charge on any atom is 0.290 e. The van der Waals surface area contributed by atoms with Crippen molar-refractivity contribution in [1.82, 2.24) is 4.98 Å². The Bertz CT molecular complexity index is 1670. The molecular formula is C25H17ClN4O7S2. The van der Waals surface area contributed by atoms with Gasteiger partial charge < -0.3 is 14.8 Å². The van der Waals surface area contributed by atoms with E-state index in [9.17, 15) is 25.0 Å². The molecule has 1 aliphatic rings. The number of non-ortho nitro benzene ring substituents is 1. The quantitative estimate of drug-likeness (QED) is 0.132. The highest BCUT2D eigenvalue weighted by Gasteiger charge is 2.32. The van der Waals surface area contributed by atoms with Gasteiger partial charge in [-0.25, -0.2) is 4.98 Å². The van der Waals surface area contributed by atoms with Crippen LogP contribution in [0.25, 0.3) is 10.2 Å². The lowest BCUT2D eigenvalue weighted by molar-refractivity contribution is -0.396. The number of fused-ring (bicyclic) bond motifs is 2. The lowest BCUT2D eigenvalue weighted by Crippen LogP contribution is -2.33. The van der Waals surface area contributed by atoms with Crippen LogP contribution in [-0.4, -0.2) is 33.5 Å². The number of nitro benzene ring substituents is 2. The molecule has 1 aromatic heterocycles. The number of anilines is 1. The number of carbonyl (C=O) groups excluding carboxylic acids is 1. The third-order valence-corrected chi connectivity index (χ3v) is 7.94. The lowest BCUT2D eigenvalue weighted by Gasteiger charge is -2.27. The summed E-state index contributed by atoms with van der Waals surface area (Å²) >= 11 is 8.43. The fourth-order valence-corrected chi connectivity index (χ4v) is 6.09. The zero-order valence-corrected chi connectivity index (χ0v) is 22.3. The molecule has 0 unspecified atom stereocenters. The topological polar surface area (TPSA) is 147 Å². The minimum atomic E-state index is -0.892. The first-order valence-electron chi connectivity index (χ1n) is 11.3. The predicted octanol–water partition coefficient (Wildman–Crippen LogP) is 6.85. The number of Topliss-reactive ketones (excluding diaryl/α,β-unsaturated/α-hetero) is 1. The molecule has 14 heteroatoms. The third-order valence-electron chi connectivity index (χ3n) is 5.56. The van der Waals surface area contributed by atoms with Crippen LogP contribution in [-0.2, 0) is 4.74 Å². The molecule has 0 aliphatic carbocycles. The van der Waals surface area contributed by atoms with E-state index in [0.29, 0.717) is 38.5 Å². The fraction of sp³-hybridized carbons (Fsp3) is 0.120. The van der Waals surface area contributed by atoms with E-state index in [1.54, 1.807) is 37.3 Å². The number of rotatable bonds is 8. The van der Waals surface area contributed by atoms with Crippen molar-refractivity contribution in [3.05, 3.63) is 97.2 Å². The van der Waals surface area contributed by atoms with Crippen LogP contribution in [0.15, 0.2) is 75.6 Å². The van der Waals surface area contributed by atoms with Crippen molar-refractivity contribution in [2.24, 2.45) is 0 Å². The van der Waals surface area contributed by atoms with Gasteiger partial charge in [-0.3, -0.25) is 25.0 Å². The van der Waals surface area contributed by atoms with Crippen molar-refractivity contribution in [2.75, 3.05) is 11.9 Å². The van der Waals surface area contributed by atoms with Gasteiger partial charge >= 0.3 is 0 Å². The first-order valence-corrected chi connectivity index (χ1v) is 13.3. The molecule has 0 saturated heterocycles. The summed E-state index contributed by atoms with van der Waals surface area (Å²) in [6, 6.07) is 13.7. The van der Waals surface area contributed by atoms with Gasteiger partial charge in [-0.1, -0.05) is 23.4 Å². The van der Waals surface area contributed by atoms with E-state index in [4.69, 9.17) is 21.1 Å². The molecule has 3 aromatic carbocycles. The number of nitrogens with zero attached hydrogens (tertiary/aromatic N) is 3. The van der Waals surface area contributed by atoms with Crippen LogP contribution in [0, 0.1) is 20.2 Å². The van der Waals surface area contributed by atoms with Gasteiger partial charge in [0, 0.05) is 29.6 Å². The number of hydrogen-bond donors (Lipinski definition) is 1. The molecule has 2 heterocycles. The Kier molecular flexibility index (Phi) is 7.48. The van der Waals surface area contributed by atoms with Crippen LogP contribution >= 0.6 is 34.7 Å². The molecule has 11 nitrogen and oxygen atoms in total. The third kappa shape index (κ3) is 5.56. The zero-order valence-electron chi connectivity index (χ0n) is 20.0. The molecule has 0 radical (unpaired) electrons. The Balaban J connectivity index is 1.39. The maximum atomic E-state index is 13.2. The summed E-state index contributed by atoms with van der Waals surface area (Å²) in [6.07, 6.45) is 0.640. The summed E-state index contributed by atoms with van der Waals surface area (Å²) in [5.74, 6) is 0.122. The minimum absolute atomic E-state index is 0.242. The molecular weight excluding hydrogens is 568 g/mol. The average molecular weight is 585 g/mol. The molecule has 0 spiro atoms. The highest BCUT2D eigenvalue weighted by Crippen LogP contribution is 2.40. The van der Waals surface area contributed by atoms with E-state index >= 15 is 0 Å². The summed E-state index contributed by atoms with van der Waals surface area (Å²) < 4.78 is 12.8. The van der Waals surface area contributed by atoms with Crippen molar-refractivity contribution in [2.45, 2.75) is 22.4 Å². The SMILES string of the molecule is CCO[C@H]1Oc2ccc(Cl)cc2C(=O)/C1=C/Nc1ccc2nc(Sc3ccc([N+](=O)[O-])cc3[N+](=O)[O-])sc2c1. The van der Waals surface area contributed by atoms with Gasteiger partial charge in [-0.05, 0) is 49.4 Å². The first-order chi connectivity index (χ1) is 18.7. The molecule has 39 heavy (non-hydrogen) atoms. The number of nitrogens with one attached hydrogen (secondary N) is 1. The Morgan fingerprint density at radius 1 is 1.15 bits per heavy atom. The van der Waals surface area contributed by atoms with Gasteiger partial charge in [0.25, 0.3) is 11.4 Å². The van der Waals surface area contributed by atoms with Crippen LogP contribution in [0.3, 0.4) is 0 Å². The van der Waals surface area contributed by atoms with Gasteiger partial charge in [-0.15, -0.1) is 11.3 Å². The molecule has 1 atom stereocenters. The molecule has 1 aliphatic heterocycles. The predicted molar refractivity (Wildman–Crippen MR) is 147 cm³/mol. The Morgan fingerprint density at radius 3 is 2.72 bits per heavy atom. The molecule has 0 amide bonds. The van der Waals surface area contributed by atoms with Crippen LogP contribution in [0.2, 0.25) is 5.02 Å². The highest BCUT2D eigenvalue weighted by atomic mass is 35.5. The number of carbonyl (C=O) groups is 1. The van der Waals surface area contributed by atoms with E-state index in [0.717, 1.165) is 22.5 Å². The van der Waals surface area contributed by atoms with E-state index < -0.39 is 16.1 Å². The van der Waals surface area contributed by atoms with Crippen LogP contribution < -0.4 is 10.1 Å². The molecule has 0 fully saturated rings. The largest absolute Gasteiger partial charge is 0.460 e. The van der Waals surface area contributed by atoms with E-state index in [1.807, 2.05) is 6.07 Å². The molecule has 4 aromatic rings. The number of benzene rings is 3. The fourth-order valence-electron chi connectivity index (χ4n) is 3.77. The number of ketones is 1. The Labute approximate surface area is 233 Å². The van der Waals surface area contributed by atoms with Gasteiger partial charge in [-0.2, -0.15) is 0 Å². The van der Waals surface area contributed by atoms with Gasteiger partial charge in [0.15, 0.2) is 4.34 Å². The van der Waals surface area contributed by atoms with Crippen molar-refractivity contribution in [3.63, 3.8) is 0 Å². The number of nitro groups is 2. The smallest absolute Gasteiger partial charge is 0.290 e. The summed E-state index contributed by atoms with van der Waals surface area (Å²) in [4.78, 5) is 39.1. The average Bonchev–Trinajstić information content (AvgIpc) is 3.30. The van der Waals surface area contributed by atoms with Crippen molar-refractivity contribution in [1.29, 1.82) is 0 Å².